The Morgan fingerprint density at radius 1 is 0.524 bits per heavy atom. The second-order valence-corrected chi connectivity index (χ2v) is 12.3. The quantitative estimate of drug-likeness (QED) is 0.205. The molecule has 8 aromatic rings. The van der Waals surface area contributed by atoms with Gasteiger partial charge in [0, 0.05) is 36.6 Å². The molecule has 0 fully saturated rings. The van der Waals surface area contributed by atoms with Crippen LogP contribution in [0.3, 0.4) is 0 Å². The highest BCUT2D eigenvalue weighted by atomic mass is 32.1. The third-order valence-corrected chi connectivity index (χ3v) is 9.94. The molecule has 0 aliphatic heterocycles. The molecule has 0 saturated carbocycles. The minimum atomic E-state index is 1.07. The number of aromatic nitrogens is 1. The first kappa shape index (κ1) is 23.8. The van der Waals surface area contributed by atoms with Gasteiger partial charge < -0.3 is 4.57 Å². The van der Waals surface area contributed by atoms with Crippen molar-refractivity contribution in [1.82, 2.24) is 4.57 Å². The van der Waals surface area contributed by atoms with Crippen LogP contribution in [0.25, 0.3) is 80.7 Å². The molecule has 0 bridgehead atoms. The largest absolute Gasteiger partial charge is 0.310 e. The molecule has 9 rings (SSSR count). The van der Waals surface area contributed by atoms with Gasteiger partial charge in [0.25, 0.3) is 0 Å². The summed E-state index contributed by atoms with van der Waals surface area (Å²) in [6.07, 6.45) is 9.18. The molecule has 0 saturated heterocycles. The molecule has 0 spiro atoms. The zero-order valence-corrected chi connectivity index (χ0v) is 23.9. The number of allylic oxidation sites excluding steroid dienone is 4. The number of thiophene rings is 1. The second kappa shape index (κ2) is 9.30. The van der Waals surface area contributed by atoms with E-state index in [0.29, 0.717) is 0 Å². The molecule has 2 heteroatoms. The van der Waals surface area contributed by atoms with Crippen molar-refractivity contribution >= 4 is 69.8 Å². The van der Waals surface area contributed by atoms with E-state index in [0.717, 1.165) is 12.8 Å². The zero-order chi connectivity index (χ0) is 27.6. The maximum Gasteiger partial charge on any atom is 0.0548 e. The zero-order valence-electron chi connectivity index (χ0n) is 23.0. The summed E-state index contributed by atoms with van der Waals surface area (Å²) in [7, 11) is 0. The Bertz CT molecular complexity index is 2390. The van der Waals surface area contributed by atoms with E-state index in [1.54, 1.807) is 0 Å². The van der Waals surface area contributed by atoms with Gasteiger partial charge in [-0.1, -0.05) is 103 Å². The number of rotatable bonds is 3. The smallest absolute Gasteiger partial charge is 0.0548 e. The molecule has 6 aromatic carbocycles. The lowest BCUT2D eigenvalue weighted by Gasteiger charge is -2.13. The number of hydrogen-bond donors (Lipinski definition) is 0. The maximum absolute atomic E-state index is 2.50. The highest BCUT2D eigenvalue weighted by Gasteiger charge is 2.20. The highest BCUT2D eigenvalue weighted by molar-refractivity contribution is 7.26. The Morgan fingerprint density at radius 3 is 2.26 bits per heavy atom. The third-order valence-electron chi connectivity index (χ3n) is 8.80. The summed E-state index contributed by atoms with van der Waals surface area (Å²) >= 11 is 1.90. The van der Waals surface area contributed by atoms with E-state index >= 15 is 0 Å². The van der Waals surface area contributed by atoms with Gasteiger partial charge in [-0.25, -0.2) is 0 Å². The lowest BCUT2D eigenvalue weighted by Crippen LogP contribution is -1.97. The van der Waals surface area contributed by atoms with Crippen LogP contribution in [0.5, 0.6) is 0 Å². The minimum absolute atomic E-state index is 1.07. The number of hydrogen-bond acceptors (Lipinski definition) is 1. The van der Waals surface area contributed by atoms with Gasteiger partial charge in [-0.15, -0.1) is 11.3 Å². The molecule has 1 aliphatic carbocycles. The molecule has 0 unspecified atom stereocenters. The average Bonchev–Trinajstić information content (AvgIpc) is 3.60. The number of fused-ring (bicyclic) bond motifs is 8. The average molecular weight is 554 g/mol. The van der Waals surface area contributed by atoms with E-state index in [1.165, 1.54) is 80.7 Å². The van der Waals surface area contributed by atoms with Crippen molar-refractivity contribution < 1.29 is 0 Å². The van der Waals surface area contributed by atoms with Crippen LogP contribution in [0.1, 0.15) is 12.8 Å². The molecular formula is C40H27NS. The Kier molecular flexibility index (Phi) is 5.26. The summed E-state index contributed by atoms with van der Waals surface area (Å²) in [6, 6.07) is 44.8. The van der Waals surface area contributed by atoms with Gasteiger partial charge in [-0.2, -0.15) is 0 Å². The first-order valence-electron chi connectivity index (χ1n) is 14.7. The normalized spacial score (nSPS) is 13.6. The first-order valence-corrected chi connectivity index (χ1v) is 15.5. The van der Waals surface area contributed by atoms with Gasteiger partial charge >= 0.3 is 0 Å². The predicted molar refractivity (Wildman–Crippen MR) is 183 cm³/mol. The molecule has 0 radical (unpaired) electrons. The molecule has 2 aromatic heterocycles. The van der Waals surface area contributed by atoms with Crippen LogP contribution in [0.15, 0.2) is 140 Å². The van der Waals surface area contributed by atoms with Crippen LogP contribution < -0.4 is 0 Å². The summed E-state index contributed by atoms with van der Waals surface area (Å²) in [5, 5.41) is 7.93. The molecule has 1 aliphatic rings. The van der Waals surface area contributed by atoms with Gasteiger partial charge in [0.15, 0.2) is 0 Å². The lowest BCUT2D eigenvalue weighted by atomic mass is 9.96. The SMILES string of the molecule is C1=CC(n2c3cc(-c4cccc5ccccc45)ccc3c3c4c(ccc32)sc2ccc(-c3ccccc3)cc24)=CCC1. The van der Waals surface area contributed by atoms with Gasteiger partial charge in [0.05, 0.1) is 11.0 Å². The van der Waals surface area contributed by atoms with Crippen LogP contribution in [0.4, 0.5) is 0 Å². The van der Waals surface area contributed by atoms with Crippen molar-refractivity contribution in [2.75, 3.05) is 0 Å². The monoisotopic (exact) mass is 553 g/mol. The third kappa shape index (κ3) is 3.55. The second-order valence-electron chi connectivity index (χ2n) is 11.2. The fraction of sp³-hybridized carbons (Fsp3) is 0.0500. The summed E-state index contributed by atoms with van der Waals surface area (Å²) in [5.74, 6) is 0. The van der Waals surface area contributed by atoms with Gasteiger partial charge in [-0.3, -0.25) is 0 Å². The molecule has 0 N–H and O–H groups in total. The Balaban J connectivity index is 1.39. The van der Waals surface area contributed by atoms with Crippen molar-refractivity contribution in [2.45, 2.75) is 12.8 Å². The van der Waals surface area contributed by atoms with Crippen LogP contribution >= 0.6 is 11.3 Å². The topological polar surface area (TPSA) is 4.93 Å². The molecule has 198 valence electrons. The molecule has 0 atom stereocenters. The van der Waals surface area contributed by atoms with Crippen molar-refractivity contribution in [3.8, 4) is 22.3 Å². The standard InChI is InChI=1S/C40H27NS/c1-3-10-26(11-4-1)28-19-22-37-34(24-28)40-38(42-37)23-21-35-39(40)33-20-18-29(25-36(33)41(35)30-14-5-2-6-15-30)32-17-9-13-27-12-7-8-16-31(27)32/h1,3-5,7-25H,2,6H2. The minimum Gasteiger partial charge on any atom is -0.310 e. The van der Waals surface area contributed by atoms with Crippen molar-refractivity contribution in [2.24, 2.45) is 0 Å². The number of nitrogens with zero attached hydrogens (tertiary/aromatic N) is 1. The van der Waals surface area contributed by atoms with E-state index in [2.05, 4.69) is 144 Å². The summed E-state index contributed by atoms with van der Waals surface area (Å²) in [5.41, 5.74) is 8.85. The van der Waals surface area contributed by atoms with Gasteiger partial charge in [0.2, 0.25) is 0 Å². The maximum atomic E-state index is 2.50. The highest BCUT2D eigenvalue weighted by Crippen LogP contribution is 2.45. The summed E-state index contributed by atoms with van der Waals surface area (Å²) in [6.45, 7) is 0. The molecule has 2 heterocycles. The predicted octanol–water partition coefficient (Wildman–Crippen LogP) is 11.8. The number of benzene rings is 6. The molecule has 0 amide bonds. The summed E-state index contributed by atoms with van der Waals surface area (Å²) < 4.78 is 5.18. The van der Waals surface area contributed by atoms with E-state index < -0.39 is 0 Å². The molecular weight excluding hydrogens is 527 g/mol. The van der Waals surface area contributed by atoms with E-state index in [1.807, 2.05) is 11.3 Å². The van der Waals surface area contributed by atoms with Crippen LogP contribution in [0.2, 0.25) is 0 Å². The van der Waals surface area contributed by atoms with Crippen molar-refractivity contribution in [1.29, 1.82) is 0 Å². The van der Waals surface area contributed by atoms with Crippen LogP contribution in [0, 0.1) is 0 Å². The molecule has 1 nitrogen and oxygen atoms in total. The van der Waals surface area contributed by atoms with E-state index in [-0.39, 0.29) is 0 Å². The van der Waals surface area contributed by atoms with E-state index in [4.69, 9.17) is 0 Å². The Labute approximate surface area is 248 Å². The summed E-state index contributed by atoms with van der Waals surface area (Å²) in [4.78, 5) is 0. The van der Waals surface area contributed by atoms with Gasteiger partial charge in [0.1, 0.15) is 0 Å². The Hall–Kier alpha value is -4.92. The lowest BCUT2D eigenvalue weighted by molar-refractivity contribution is 1.02. The van der Waals surface area contributed by atoms with Crippen LogP contribution in [-0.4, -0.2) is 4.57 Å². The Morgan fingerprint density at radius 2 is 1.36 bits per heavy atom. The fourth-order valence-electron chi connectivity index (χ4n) is 6.87. The van der Waals surface area contributed by atoms with Gasteiger partial charge in [-0.05, 0) is 82.3 Å². The van der Waals surface area contributed by atoms with Crippen molar-refractivity contribution in [3.05, 3.63) is 140 Å². The van der Waals surface area contributed by atoms with Crippen LogP contribution in [-0.2, 0) is 0 Å². The molecule has 42 heavy (non-hydrogen) atoms. The fourth-order valence-corrected chi connectivity index (χ4v) is 7.97. The first-order chi connectivity index (χ1) is 20.8. The van der Waals surface area contributed by atoms with E-state index in [9.17, 15) is 0 Å². The van der Waals surface area contributed by atoms with Crippen molar-refractivity contribution in [3.63, 3.8) is 0 Å².